The van der Waals surface area contributed by atoms with E-state index in [1.807, 2.05) is 26.0 Å². The van der Waals surface area contributed by atoms with Crippen molar-refractivity contribution in [1.29, 1.82) is 0 Å². The maximum absolute atomic E-state index is 11.9. The normalized spacial score (nSPS) is 21.2. The first-order chi connectivity index (χ1) is 11.4. The molecule has 1 aliphatic rings. The zero-order chi connectivity index (χ0) is 17.5. The van der Waals surface area contributed by atoms with Gasteiger partial charge >= 0.3 is 5.97 Å². The topological polar surface area (TPSA) is 70.0 Å². The van der Waals surface area contributed by atoms with Crippen molar-refractivity contribution in [3.8, 4) is 5.75 Å². The molecule has 134 valence electrons. The molecule has 0 atom stereocenters. The number of ether oxygens (including phenoxy) is 1. The number of benzene rings is 1. The number of hydrogen-bond acceptors (Lipinski definition) is 5. The summed E-state index contributed by atoms with van der Waals surface area (Å²) in [5.74, 6) is 0.0764. The molecule has 0 aromatic heterocycles. The Morgan fingerprint density at radius 1 is 1.29 bits per heavy atom. The van der Waals surface area contributed by atoms with E-state index in [-0.39, 0.29) is 23.9 Å². The molecule has 0 amide bonds. The van der Waals surface area contributed by atoms with Crippen LogP contribution in [0.25, 0.3) is 0 Å². The molecule has 1 aromatic rings. The minimum absolute atomic E-state index is 0.0955. The number of carbonyl (C=O) groups is 1. The van der Waals surface area contributed by atoms with Crippen molar-refractivity contribution in [3.05, 3.63) is 29.8 Å². The van der Waals surface area contributed by atoms with Crippen molar-refractivity contribution in [2.24, 2.45) is 0 Å². The second kappa shape index (κ2) is 9.04. The Labute approximate surface area is 144 Å². The van der Waals surface area contributed by atoms with Gasteiger partial charge in [0.1, 0.15) is 5.75 Å². The zero-order valence-electron chi connectivity index (χ0n) is 14.6. The van der Waals surface area contributed by atoms with Crippen LogP contribution in [0.5, 0.6) is 5.75 Å². The van der Waals surface area contributed by atoms with Crippen LogP contribution in [0.4, 0.5) is 0 Å². The Morgan fingerprint density at radius 3 is 2.62 bits per heavy atom. The molecule has 0 bridgehead atoms. The fraction of sp³-hybridized carbons (Fsp3) is 0.632. The van der Waals surface area contributed by atoms with Crippen molar-refractivity contribution < 1.29 is 19.7 Å². The number of phenols is 1. The van der Waals surface area contributed by atoms with Crippen molar-refractivity contribution in [2.75, 3.05) is 6.54 Å². The number of rotatable bonds is 7. The van der Waals surface area contributed by atoms with Crippen LogP contribution in [-0.2, 0) is 16.1 Å². The average Bonchev–Trinajstić information content (AvgIpc) is 2.52. The maximum Gasteiger partial charge on any atom is 0.307 e. The highest BCUT2D eigenvalue weighted by molar-refractivity contribution is 5.69. The summed E-state index contributed by atoms with van der Waals surface area (Å²) < 4.78 is 5.23. The number of aliphatic hydroxyl groups excluding tert-OH is 1. The highest BCUT2D eigenvalue weighted by atomic mass is 16.5. The minimum Gasteiger partial charge on any atom is -0.508 e. The van der Waals surface area contributed by atoms with Crippen molar-refractivity contribution in [3.63, 3.8) is 0 Å². The monoisotopic (exact) mass is 335 g/mol. The third-order valence-corrected chi connectivity index (χ3v) is 4.45. The number of esters is 1. The van der Waals surface area contributed by atoms with Crippen LogP contribution in [0, 0.1) is 0 Å². The standard InChI is InChI=1S/C19H29NO4/c1-14(2)24-19(23)10-11-20(16-6-8-17(21)9-7-16)13-15-4-3-5-18(22)12-15/h3-5,12,14,16-17,21-22H,6-11,13H2,1-2H3. The smallest absolute Gasteiger partial charge is 0.307 e. The molecule has 2 rings (SSSR count). The number of carbonyl (C=O) groups excluding carboxylic acids is 1. The molecule has 1 aliphatic carbocycles. The summed E-state index contributed by atoms with van der Waals surface area (Å²) >= 11 is 0. The van der Waals surface area contributed by atoms with E-state index in [9.17, 15) is 15.0 Å². The maximum atomic E-state index is 11.9. The van der Waals surface area contributed by atoms with E-state index in [0.717, 1.165) is 31.2 Å². The van der Waals surface area contributed by atoms with Gasteiger partial charge in [-0.15, -0.1) is 0 Å². The molecule has 1 aromatic carbocycles. The van der Waals surface area contributed by atoms with E-state index in [2.05, 4.69) is 4.90 Å². The zero-order valence-corrected chi connectivity index (χ0v) is 14.6. The lowest BCUT2D eigenvalue weighted by molar-refractivity contribution is -0.148. The fourth-order valence-electron chi connectivity index (χ4n) is 3.26. The average molecular weight is 335 g/mol. The van der Waals surface area contributed by atoms with Crippen molar-refractivity contribution in [2.45, 2.75) is 70.7 Å². The van der Waals surface area contributed by atoms with Crippen LogP contribution in [0.2, 0.25) is 0 Å². The number of hydrogen-bond donors (Lipinski definition) is 2. The summed E-state index contributed by atoms with van der Waals surface area (Å²) in [7, 11) is 0. The summed E-state index contributed by atoms with van der Waals surface area (Å²) in [6.45, 7) is 5.02. The minimum atomic E-state index is -0.199. The van der Waals surface area contributed by atoms with Gasteiger partial charge in [-0.2, -0.15) is 0 Å². The van der Waals surface area contributed by atoms with E-state index in [0.29, 0.717) is 25.6 Å². The molecule has 5 nitrogen and oxygen atoms in total. The number of aromatic hydroxyl groups is 1. The lowest BCUT2D eigenvalue weighted by Gasteiger charge is -2.35. The molecular weight excluding hydrogens is 306 g/mol. The van der Waals surface area contributed by atoms with Crippen LogP contribution in [0.15, 0.2) is 24.3 Å². The number of aliphatic hydroxyl groups is 1. The third-order valence-electron chi connectivity index (χ3n) is 4.45. The lowest BCUT2D eigenvalue weighted by Crippen LogP contribution is -2.40. The Kier molecular flexibility index (Phi) is 7.06. The second-order valence-electron chi connectivity index (χ2n) is 6.89. The van der Waals surface area contributed by atoms with E-state index < -0.39 is 0 Å². The SMILES string of the molecule is CC(C)OC(=O)CCN(Cc1cccc(O)c1)C1CCC(O)CC1. The predicted octanol–water partition coefficient (Wildman–Crippen LogP) is 2.84. The quantitative estimate of drug-likeness (QED) is 0.750. The molecule has 1 saturated carbocycles. The molecule has 0 heterocycles. The summed E-state index contributed by atoms with van der Waals surface area (Å²) in [5.41, 5.74) is 1.03. The van der Waals surface area contributed by atoms with Crippen molar-refractivity contribution in [1.82, 2.24) is 4.90 Å². The van der Waals surface area contributed by atoms with Gasteiger partial charge < -0.3 is 14.9 Å². The molecule has 0 saturated heterocycles. The molecule has 24 heavy (non-hydrogen) atoms. The molecule has 1 fully saturated rings. The molecule has 0 aliphatic heterocycles. The molecular formula is C19H29NO4. The Hall–Kier alpha value is -1.59. The molecule has 0 radical (unpaired) electrons. The second-order valence-corrected chi connectivity index (χ2v) is 6.89. The van der Waals surface area contributed by atoms with Gasteiger partial charge in [-0.05, 0) is 57.2 Å². The Morgan fingerprint density at radius 2 is 2.00 bits per heavy atom. The van der Waals surface area contributed by atoms with Gasteiger partial charge in [0, 0.05) is 19.1 Å². The summed E-state index contributed by atoms with van der Waals surface area (Å²) in [4.78, 5) is 14.2. The van der Waals surface area contributed by atoms with Crippen molar-refractivity contribution >= 4 is 5.97 Å². The predicted molar refractivity (Wildman–Crippen MR) is 92.6 cm³/mol. The third kappa shape index (κ3) is 6.13. The number of phenolic OH excluding ortho intramolecular Hbond substituents is 1. The first-order valence-corrected chi connectivity index (χ1v) is 8.83. The summed E-state index contributed by atoms with van der Waals surface area (Å²) in [5, 5.41) is 19.4. The van der Waals surface area contributed by atoms with E-state index in [4.69, 9.17) is 4.74 Å². The van der Waals surface area contributed by atoms with Crippen LogP contribution >= 0.6 is 0 Å². The molecule has 0 spiro atoms. The summed E-state index contributed by atoms with van der Waals surface area (Å²) in [6, 6.07) is 7.58. The van der Waals surface area contributed by atoms with Gasteiger partial charge in [-0.3, -0.25) is 9.69 Å². The highest BCUT2D eigenvalue weighted by Crippen LogP contribution is 2.25. The van der Waals surface area contributed by atoms with Crippen LogP contribution in [0.3, 0.4) is 0 Å². The van der Waals surface area contributed by atoms with Crippen LogP contribution in [0.1, 0.15) is 51.5 Å². The van der Waals surface area contributed by atoms with Crippen LogP contribution < -0.4 is 0 Å². The highest BCUT2D eigenvalue weighted by Gasteiger charge is 2.25. The number of nitrogens with zero attached hydrogens (tertiary/aromatic N) is 1. The summed E-state index contributed by atoms with van der Waals surface area (Å²) in [6.07, 6.45) is 3.53. The van der Waals surface area contributed by atoms with Crippen LogP contribution in [-0.4, -0.2) is 45.9 Å². The van der Waals surface area contributed by atoms with Gasteiger partial charge in [0.05, 0.1) is 18.6 Å². The largest absolute Gasteiger partial charge is 0.508 e. The van der Waals surface area contributed by atoms with E-state index >= 15 is 0 Å². The molecule has 2 N–H and O–H groups in total. The van der Waals surface area contributed by atoms with E-state index in [1.54, 1.807) is 12.1 Å². The van der Waals surface area contributed by atoms with Gasteiger partial charge in [0.2, 0.25) is 0 Å². The first kappa shape index (κ1) is 18.7. The molecule has 0 unspecified atom stereocenters. The lowest BCUT2D eigenvalue weighted by atomic mass is 9.91. The van der Waals surface area contributed by atoms with Gasteiger partial charge in [0.25, 0.3) is 0 Å². The van der Waals surface area contributed by atoms with Gasteiger partial charge in [-0.1, -0.05) is 12.1 Å². The Bertz CT molecular complexity index is 524. The van der Waals surface area contributed by atoms with Gasteiger partial charge in [-0.25, -0.2) is 0 Å². The van der Waals surface area contributed by atoms with E-state index in [1.165, 1.54) is 0 Å². The first-order valence-electron chi connectivity index (χ1n) is 8.83. The Balaban J connectivity index is 1.99. The molecule has 5 heteroatoms. The fourth-order valence-corrected chi connectivity index (χ4v) is 3.26. The van der Waals surface area contributed by atoms with Gasteiger partial charge in [0.15, 0.2) is 0 Å².